The Hall–Kier alpha value is -0.300. The molecule has 12 heavy (non-hydrogen) atoms. The maximum Gasteiger partial charge on any atom is -0.00205 e. The summed E-state index contributed by atoms with van der Waals surface area (Å²) in [4.78, 5) is 0. The van der Waals surface area contributed by atoms with E-state index in [-0.39, 0.29) is 0 Å². The van der Waals surface area contributed by atoms with E-state index >= 15 is 0 Å². The highest BCUT2D eigenvalue weighted by Gasteiger charge is 2.10. The van der Waals surface area contributed by atoms with Crippen LogP contribution in [0.1, 0.15) is 38.5 Å². The van der Waals surface area contributed by atoms with Gasteiger partial charge in [-0.05, 0) is 51.1 Å². The second kappa shape index (κ2) is 6.24. The number of allylic oxidation sites excluding steroid dienone is 1. The van der Waals surface area contributed by atoms with Gasteiger partial charge in [-0.2, -0.15) is 0 Å². The average molecular weight is 167 g/mol. The highest BCUT2D eigenvalue weighted by Crippen LogP contribution is 2.17. The van der Waals surface area contributed by atoms with Crippen LogP contribution in [0, 0.1) is 5.92 Å². The molecule has 1 heteroatoms. The monoisotopic (exact) mass is 167 g/mol. The molecule has 1 nitrogen and oxygen atoms in total. The fraction of sp³-hybridized carbons (Fsp3) is 0.818. The molecule has 1 aliphatic rings. The van der Waals surface area contributed by atoms with Gasteiger partial charge in [0.05, 0.1) is 0 Å². The van der Waals surface area contributed by atoms with Gasteiger partial charge in [0, 0.05) is 0 Å². The fourth-order valence-electron chi connectivity index (χ4n) is 1.89. The third kappa shape index (κ3) is 3.91. The molecule has 0 aromatic carbocycles. The molecule has 1 N–H and O–H groups in total. The molecule has 1 heterocycles. The lowest BCUT2D eigenvalue weighted by atomic mass is 9.97. The predicted molar refractivity (Wildman–Crippen MR) is 54.3 cm³/mol. The molecule has 0 aromatic heterocycles. The second-order valence-electron chi connectivity index (χ2n) is 3.79. The Labute approximate surface area is 76.2 Å². The van der Waals surface area contributed by atoms with Crippen molar-refractivity contribution in [2.24, 2.45) is 5.92 Å². The number of hydrogen-bond donors (Lipinski definition) is 1. The van der Waals surface area contributed by atoms with Gasteiger partial charge in [-0.3, -0.25) is 0 Å². The summed E-state index contributed by atoms with van der Waals surface area (Å²) in [6.07, 6.45) is 10.2. The van der Waals surface area contributed by atoms with Crippen LogP contribution in [-0.4, -0.2) is 13.1 Å². The van der Waals surface area contributed by atoms with Gasteiger partial charge in [0.25, 0.3) is 0 Å². The molecule has 1 saturated heterocycles. The minimum Gasteiger partial charge on any atom is -0.316 e. The number of hydrogen-bond acceptors (Lipinski definition) is 1. The van der Waals surface area contributed by atoms with E-state index < -0.39 is 0 Å². The first-order valence-corrected chi connectivity index (χ1v) is 5.25. The van der Waals surface area contributed by atoms with Gasteiger partial charge < -0.3 is 5.32 Å². The fourth-order valence-corrected chi connectivity index (χ4v) is 1.89. The summed E-state index contributed by atoms with van der Waals surface area (Å²) in [6.45, 7) is 6.23. The zero-order valence-corrected chi connectivity index (χ0v) is 8.02. The van der Waals surface area contributed by atoms with E-state index in [0.29, 0.717) is 0 Å². The van der Waals surface area contributed by atoms with Crippen LogP contribution < -0.4 is 5.32 Å². The van der Waals surface area contributed by atoms with Crippen LogP contribution in [0.5, 0.6) is 0 Å². The lowest BCUT2D eigenvalue weighted by Crippen LogP contribution is -2.20. The van der Waals surface area contributed by atoms with Gasteiger partial charge in [-0.25, -0.2) is 0 Å². The zero-order valence-electron chi connectivity index (χ0n) is 8.02. The summed E-state index contributed by atoms with van der Waals surface area (Å²) in [7, 11) is 0. The molecule has 0 spiro atoms. The van der Waals surface area contributed by atoms with Crippen LogP contribution >= 0.6 is 0 Å². The summed E-state index contributed by atoms with van der Waals surface area (Å²) in [5.74, 6) is 0.937. The molecule has 1 aliphatic heterocycles. The van der Waals surface area contributed by atoms with Gasteiger partial charge in [0.1, 0.15) is 0 Å². The van der Waals surface area contributed by atoms with Crippen molar-refractivity contribution in [2.45, 2.75) is 38.5 Å². The Balaban J connectivity index is 2.07. The summed E-state index contributed by atoms with van der Waals surface area (Å²) in [5, 5.41) is 3.50. The Kier molecular flexibility index (Phi) is 5.09. The van der Waals surface area contributed by atoms with Crippen molar-refractivity contribution in [1.82, 2.24) is 5.32 Å². The Morgan fingerprint density at radius 2 is 2.33 bits per heavy atom. The van der Waals surface area contributed by atoms with Crippen LogP contribution in [0.4, 0.5) is 0 Å². The lowest BCUT2D eigenvalue weighted by molar-refractivity contribution is 0.435. The largest absolute Gasteiger partial charge is 0.316 e. The van der Waals surface area contributed by atoms with Crippen molar-refractivity contribution in [3.63, 3.8) is 0 Å². The zero-order chi connectivity index (χ0) is 8.65. The van der Waals surface area contributed by atoms with Crippen LogP contribution in [0.25, 0.3) is 0 Å². The van der Waals surface area contributed by atoms with Crippen molar-refractivity contribution in [3.05, 3.63) is 12.7 Å². The van der Waals surface area contributed by atoms with E-state index in [1.165, 1.54) is 51.6 Å². The number of nitrogens with one attached hydrogen (secondary N) is 1. The van der Waals surface area contributed by atoms with E-state index in [1.807, 2.05) is 6.08 Å². The molecule has 0 aromatic rings. The molecule has 0 amide bonds. The van der Waals surface area contributed by atoms with Gasteiger partial charge >= 0.3 is 0 Å². The Morgan fingerprint density at radius 1 is 1.42 bits per heavy atom. The van der Waals surface area contributed by atoms with Gasteiger partial charge in [-0.1, -0.05) is 12.5 Å². The quantitative estimate of drug-likeness (QED) is 0.501. The van der Waals surface area contributed by atoms with Crippen LogP contribution in [0.3, 0.4) is 0 Å². The first kappa shape index (κ1) is 9.79. The van der Waals surface area contributed by atoms with E-state index in [9.17, 15) is 0 Å². The van der Waals surface area contributed by atoms with Gasteiger partial charge in [0.15, 0.2) is 0 Å². The topological polar surface area (TPSA) is 12.0 Å². The Bertz CT molecular complexity index is 112. The first-order chi connectivity index (χ1) is 5.93. The number of unbranched alkanes of at least 4 members (excludes halogenated alkanes) is 1. The summed E-state index contributed by atoms with van der Waals surface area (Å²) >= 11 is 0. The third-order valence-electron chi connectivity index (χ3n) is 2.67. The van der Waals surface area contributed by atoms with Crippen molar-refractivity contribution in [1.29, 1.82) is 0 Å². The summed E-state index contributed by atoms with van der Waals surface area (Å²) in [6, 6.07) is 0. The molecular weight excluding hydrogens is 146 g/mol. The molecule has 0 aliphatic carbocycles. The van der Waals surface area contributed by atoms with E-state index in [2.05, 4.69) is 11.9 Å². The molecular formula is C11H21N. The molecule has 70 valence electrons. The van der Waals surface area contributed by atoms with E-state index in [0.717, 1.165) is 5.92 Å². The van der Waals surface area contributed by atoms with Crippen LogP contribution in [-0.2, 0) is 0 Å². The molecule has 1 atom stereocenters. The first-order valence-electron chi connectivity index (χ1n) is 5.25. The second-order valence-corrected chi connectivity index (χ2v) is 3.79. The maximum absolute atomic E-state index is 3.75. The van der Waals surface area contributed by atoms with Crippen molar-refractivity contribution in [2.75, 3.05) is 13.1 Å². The predicted octanol–water partition coefficient (Wildman–Crippen LogP) is 2.73. The molecule has 1 rings (SSSR count). The van der Waals surface area contributed by atoms with E-state index in [1.54, 1.807) is 0 Å². The maximum atomic E-state index is 3.75. The van der Waals surface area contributed by atoms with Crippen LogP contribution in [0.2, 0.25) is 0 Å². The van der Waals surface area contributed by atoms with Crippen LogP contribution in [0.15, 0.2) is 12.7 Å². The van der Waals surface area contributed by atoms with Crippen molar-refractivity contribution >= 4 is 0 Å². The minimum atomic E-state index is 0.937. The highest BCUT2D eigenvalue weighted by molar-refractivity contribution is 4.71. The minimum absolute atomic E-state index is 0.937. The summed E-state index contributed by atoms with van der Waals surface area (Å²) < 4.78 is 0. The van der Waals surface area contributed by atoms with E-state index in [4.69, 9.17) is 0 Å². The normalized spacial score (nSPS) is 24.8. The molecule has 0 bridgehead atoms. The van der Waals surface area contributed by atoms with Crippen molar-refractivity contribution < 1.29 is 0 Å². The number of rotatable bonds is 4. The molecule has 0 radical (unpaired) electrons. The van der Waals surface area contributed by atoms with Gasteiger partial charge in [0.2, 0.25) is 0 Å². The summed E-state index contributed by atoms with van der Waals surface area (Å²) in [5.41, 5.74) is 0. The van der Waals surface area contributed by atoms with Crippen molar-refractivity contribution in [3.8, 4) is 0 Å². The average Bonchev–Trinajstić information content (AvgIpc) is 2.33. The SMILES string of the molecule is C=CCCCC1CCCCNC1. The molecule has 0 saturated carbocycles. The Morgan fingerprint density at radius 3 is 3.17 bits per heavy atom. The standard InChI is InChI=1S/C11H21N/c1-2-3-4-7-11-8-5-6-9-12-10-11/h2,11-12H,1,3-10H2. The smallest absolute Gasteiger partial charge is 0.00205 e. The third-order valence-corrected chi connectivity index (χ3v) is 2.67. The lowest BCUT2D eigenvalue weighted by Gasteiger charge is -2.12. The molecule has 1 fully saturated rings. The van der Waals surface area contributed by atoms with Gasteiger partial charge in [-0.15, -0.1) is 6.58 Å². The highest BCUT2D eigenvalue weighted by atomic mass is 14.9. The molecule has 1 unspecified atom stereocenters.